The Balaban J connectivity index is 3.61. The maximum Gasteiger partial charge on any atom is -0.0354 e. The minimum Gasteiger partial charge on any atom is -0.0651 e. The van der Waals surface area contributed by atoms with Gasteiger partial charge in [0.2, 0.25) is 0 Å². The van der Waals surface area contributed by atoms with Gasteiger partial charge in [0.15, 0.2) is 0 Å². The summed E-state index contributed by atoms with van der Waals surface area (Å²) in [4.78, 5) is 0. The van der Waals surface area contributed by atoms with E-state index in [4.69, 9.17) is 0 Å². The molecular formula is C16H34. The van der Waals surface area contributed by atoms with Gasteiger partial charge in [-0.3, -0.25) is 0 Å². The van der Waals surface area contributed by atoms with Gasteiger partial charge in [-0.1, -0.05) is 73.6 Å². The molecule has 0 saturated heterocycles. The van der Waals surface area contributed by atoms with Crippen LogP contribution < -0.4 is 0 Å². The van der Waals surface area contributed by atoms with Gasteiger partial charge in [0.25, 0.3) is 0 Å². The quantitative estimate of drug-likeness (QED) is 0.448. The van der Waals surface area contributed by atoms with Crippen LogP contribution in [-0.2, 0) is 0 Å². The van der Waals surface area contributed by atoms with E-state index in [9.17, 15) is 0 Å². The second-order valence-corrected chi connectivity index (χ2v) is 6.86. The highest BCUT2D eigenvalue weighted by atomic mass is 14.2. The molecule has 1 atom stereocenters. The summed E-state index contributed by atoms with van der Waals surface area (Å²) in [5.41, 5.74) is 0.572. The fourth-order valence-electron chi connectivity index (χ4n) is 2.25. The lowest BCUT2D eigenvalue weighted by atomic mass is 9.81. The molecule has 0 aromatic carbocycles. The molecule has 0 aliphatic rings. The number of rotatable bonds is 9. The highest BCUT2D eigenvalue weighted by molar-refractivity contribution is 4.69. The first-order valence-corrected chi connectivity index (χ1v) is 7.37. The van der Waals surface area contributed by atoms with Crippen LogP contribution in [0.3, 0.4) is 0 Å². The molecular weight excluding hydrogens is 192 g/mol. The van der Waals surface area contributed by atoms with E-state index < -0.39 is 0 Å². The highest BCUT2D eigenvalue weighted by Gasteiger charge is 2.17. The van der Waals surface area contributed by atoms with E-state index in [0.29, 0.717) is 5.41 Å². The van der Waals surface area contributed by atoms with Gasteiger partial charge in [0.1, 0.15) is 0 Å². The van der Waals surface area contributed by atoms with Crippen molar-refractivity contribution in [3.05, 3.63) is 0 Å². The Bertz CT molecular complexity index is 155. The topological polar surface area (TPSA) is 0 Å². The summed E-state index contributed by atoms with van der Waals surface area (Å²) in [5, 5.41) is 0. The molecule has 0 nitrogen and oxygen atoms in total. The van der Waals surface area contributed by atoms with Crippen LogP contribution in [0.15, 0.2) is 0 Å². The summed E-state index contributed by atoms with van der Waals surface area (Å²) >= 11 is 0. The van der Waals surface area contributed by atoms with Crippen molar-refractivity contribution in [2.45, 2.75) is 86.5 Å². The van der Waals surface area contributed by atoms with Gasteiger partial charge in [0, 0.05) is 0 Å². The second-order valence-electron chi connectivity index (χ2n) is 6.86. The smallest absolute Gasteiger partial charge is 0.0354 e. The molecule has 0 heteroatoms. The zero-order valence-electron chi connectivity index (χ0n) is 12.6. The summed E-state index contributed by atoms with van der Waals surface area (Å²) < 4.78 is 0. The summed E-state index contributed by atoms with van der Waals surface area (Å²) in [5.74, 6) is 1.79. The molecule has 0 spiro atoms. The largest absolute Gasteiger partial charge is 0.0651 e. The molecule has 0 aliphatic heterocycles. The second kappa shape index (κ2) is 8.14. The normalized spacial score (nSPS) is 14.4. The molecule has 0 N–H and O–H groups in total. The Labute approximate surface area is 104 Å². The third kappa shape index (κ3) is 9.24. The van der Waals surface area contributed by atoms with Crippen LogP contribution in [0.5, 0.6) is 0 Å². The molecule has 0 saturated carbocycles. The van der Waals surface area contributed by atoms with Crippen molar-refractivity contribution in [1.29, 1.82) is 0 Å². The molecule has 0 radical (unpaired) electrons. The van der Waals surface area contributed by atoms with E-state index in [1.165, 1.54) is 44.9 Å². The first kappa shape index (κ1) is 16.0. The van der Waals surface area contributed by atoms with Crippen molar-refractivity contribution < 1.29 is 0 Å². The molecule has 1 unspecified atom stereocenters. The Hall–Kier alpha value is 0. The Morgan fingerprint density at radius 3 is 1.81 bits per heavy atom. The fourth-order valence-corrected chi connectivity index (χ4v) is 2.25. The van der Waals surface area contributed by atoms with Crippen molar-refractivity contribution in [2.24, 2.45) is 17.3 Å². The van der Waals surface area contributed by atoms with E-state index in [2.05, 4.69) is 41.5 Å². The van der Waals surface area contributed by atoms with Gasteiger partial charge in [-0.05, 0) is 30.1 Å². The number of hydrogen-bond acceptors (Lipinski definition) is 0. The molecule has 0 heterocycles. The minimum atomic E-state index is 0.572. The van der Waals surface area contributed by atoms with Gasteiger partial charge < -0.3 is 0 Å². The summed E-state index contributed by atoms with van der Waals surface area (Å²) in [6.07, 6.45) is 9.81. The lowest BCUT2D eigenvalue weighted by molar-refractivity contribution is 0.271. The molecule has 0 aliphatic carbocycles. The van der Waals surface area contributed by atoms with E-state index >= 15 is 0 Å². The summed E-state index contributed by atoms with van der Waals surface area (Å²) in [6, 6.07) is 0. The van der Waals surface area contributed by atoms with Gasteiger partial charge in [0.05, 0.1) is 0 Å². The van der Waals surface area contributed by atoms with Crippen LogP contribution >= 0.6 is 0 Å². The lowest BCUT2D eigenvalue weighted by Gasteiger charge is -2.25. The standard InChI is InChI=1S/C16H34/c1-7-15(4)11-9-13-16(5,6)12-8-10-14(2)3/h14-15H,7-13H2,1-6H3. The summed E-state index contributed by atoms with van der Waals surface area (Å²) in [7, 11) is 0. The molecule has 0 amide bonds. The molecule has 16 heavy (non-hydrogen) atoms. The predicted octanol–water partition coefficient (Wildman–Crippen LogP) is 6.06. The minimum absolute atomic E-state index is 0.572. The zero-order chi connectivity index (χ0) is 12.6. The lowest BCUT2D eigenvalue weighted by Crippen LogP contribution is -2.12. The predicted molar refractivity (Wildman–Crippen MR) is 75.8 cm³/mol. The third-order valence-electron chi connectivity index (χ3n) is 3.88. The van der Waals surface area contributed by atoms with Crippen LogP contribution in [0.2, 0.25) is 0 Å². The van der Waals surface area contributed by atoms with Crippen molar-refractivity contribution in [3.8, 4) is 0 Å². The maximum atomic E-state index is 2.45. The third-order valence-corrected chi connectivity index (χ3v) is 3.88. The van der Waals surface area contributed by atoms with Crippen molar-refractivity contribution >= 4 is 0 Å². The van der Waals surface area contributed by atoms with Crippen LogP contribution in [0.1, 0.15) is 86.5 Å². The monoisotopic (exact) mass is 226 g/mol. The van der Waals surface area contributed by atoms with Crippen molar-refractivity contribution in [3.63, 3.8) is 0 Å². The van der Waals surface area contributed by atoms with Crippen LogP contribution in [0, 0.1) is 17.3 Å². The van der Waals surface area contributed by atoms with Crippen LogP contribution in [0.4, 0.5) is 0 Å². The first-order valence-electron chi connectivity index (χ1n) is 7.37. The van der Waals surface area contributed by atoms with Crippen LogP contribution in [-0.4, -0.2) is 0 Å². The van der Waals surface area contributed by atoms with E-state index in [-0.39, 0.29) is 0 Å². The van der Waals surface area contributed by atoms with E-state index in [1.54, 1.807) is 0 Å². The summed E-state index contributed by atoms with van der Waals surface area (Å²) in [6.45, 7) is 14.2. The highest BCUT2D eigenvalue weighted by Crippen LogP contribution is 2.31. The molecule has 0 bridgehead atoms. The molecule has 0 fully saturated rings. The average Bonchev–Trinajstić information content (AvgIpc) is 2.16. The molecule has 0 rings (SSSR count). The maximum absolute atomic E-state index is 2.45. The van der Waals surface area contributed by atoms with Crippen molar-refractivity contribution in [1.82, 2.24) is 0 Å². The zero-order valence-corrected chi connectivity index (χ0v) is 12.6. The Morgan fingerprint density at radius 2 is 1.38 bits per heavy atom. The first-order chi connectivity index (χ1) is 7.37. The van der Waals surface area contributed by atoms with Gasteiger partial charge in [-0.2, -0.15) is 0 Å². The molecule has 0 aromatic heterocycles. The van der Waals surface area contributed by atoms with Gasteiger partial charge in [-0.15, -0.1) is 0 Å². The average molecular weight is 226 g/mol. The Morgan fingerprint density at radius 1 is 0.875 bits per heavy atom. The SMILES string of the molecule is CCC(C)CCCC(C)(C)CCCC(C)C. The Kier molecular flexibility index (Phi) is 8.14. The van der Waals surface area contributed by atoms with Gasteiger partial charge >= 0.3 is 0 Å². The van der Waals surface area contributed by atoms with E-state index in [0.717, 1.165) is 11.8 Å². The molecule has 98 valence electrons. The number of hydrogen-bond donors (Lipinski definition) is 0. The van der Waals surface area contributed by atoms with Crippen LogP contribution in [0.25, 0.3) is 0 Å². The molecule has 0 aromatic rings. The van der Waals surface area contributed by atoms with Crippen molar-refractivity contribution in [2.75, 3.05) is 0 Å². The fraction of sp³-hybridized carbons (Fsp3) is 1.00. The van der Waals surface area contributed by atoms with E-state index in [1.807, 2.05) is 0 Å². The van der Waals surface area contributed by atoms with Gasteiger partial charge in [-0.25, -0.2) is 0 Å².